The quantitative estimate of drug-likeness (QED) is 0.586. The van der Waals surface area contributed by atoms with Crippen molar-refractivity contribution >= 4 is 0 Å². The zero-order valence-electron chi connectivity index (χ0n) is 20.9. The molecule has 0 spiro atoms. The fourth-order valence-electron chi connectivity index (χ4n) is 4.58. The van der Waals surface area contributed by atoms with Crippen LogP contribution in [0.25, 0.3) is 0 Å². The Kier molecular flexibility index (Phi) is 6.85. The summed E-state index contributed by atoms with van der Waals surface area (Å²) in [6.07, 6.45) is 6.85. The van der Waals surface area contributed by atoms with Crippen LogP contribution in [0, 0.1) is 11.3 Å². The summed E-state index contributed by atoms with van der Waals surface area (Å²) >= 11 is 0. The monoisotopic (exact) mass is 402 g/mol. The molecule has 0 radical (unpaired) electrons. The van der Waals surface area contributed by atoms with E-state index < -0.39 is 0 Å². The number of pyridine rings is 1. The third kappa shape index (κ3) is 5.96. The van der Waals surface area contributed by atoms with Gasteiger partial charge in [0.05, 0.1) is 0 Å². The van der Waals surface area contributed by atoms with E-state index in [1.54, 1.807) is 6.07 Å². The molecule has 0 aliphatic carbocycles. The van der Waals surface area contributed by atoms with E-state index in [2.05, 4.69) is 80.3 Å². The molecule has 0 aromatic carbocycles. The minimum atomic E-state index is -0.187. The first kappa shape index (κ1) is 24.2. The van der Waals surface area contributed by atoms with E-state index >= 15 is 0 Å². The lowest BCUT2D eigenvalue weighted by Gasteiger charge is -2.47. The average molecular weight is 403 g/mol. The molecule has 29 heavy (non-hydrogen) atoms. The van der Waals surface area contributed by atoms with Gasteiger partial charge in [-0.3, -0.25) is 9.69 Å². The fourth-order valence-corrected chi connectivity index (χ4v) is 4.58. The van der Waals surface area contributed by atoms with E-state index in [1.807, 2.05) is 10.6 Å². The van der Waals surface area contributed by atoms with Crippen molar-refractivity contribution in [3.8, 4) is 0 Å². The van der Waals surface area contributed by atoms with Crippen LogP contribution >= 0.6 is 0 Å². The van der Waals surface area contributed by atoms with Crippen LogP contribution in [-0.4, -0.2) is 28.1 Å². The van der Waals surface area contributed by atoms with Gasteiger partial charge in [0.25, 0.3) is 5.56 Å². The first-order valence-electron chi connectivity index (χ1n) is 11.5. The van der Waals surface area contributed by atoms with Crippen molar-refractivity contribution in [3.63, 3.8) is 0 Å². The Labute approximate surface area is 179 Å². The summed E-state index contributed by atoms with van der Waals surface area (Å²) in [4.78, 5) is 15.3. The van der Waals surface area contributed by atoms with Crippen LogP contribution in [0.3, 0.4) is 0 Å². The summed E-state index contributed by atoms with van der Waals surface area (Å²) < 4.78 is 1.98. The number of hydrogen-bond donors (Lipinski definition) is 0. The predicted molar refractivity (Wildman–Crippen MR) is 126 cm³/mol. The minimum Gasteiger partial charge on any atom is -0.310 e. The van der Waals surface area contributed by atoms with Gasteiger partial charge in [-0.2, -0.15) is 0 Å². The van der Waals surface area contributed by atoms with Crippen molar-refractivity contribution in [2.24, 2.45) is 11.3 Å². The van der Waals surface area contributed by atoms with Crippen molar-refractivity contribution in [1.29, 1.82) is 0 Å². The SMILES string of the molecule is CC(C)(C)c1ccc(=O)n(C(C)(C)CCC(C)(C)C2CCCN(C(C)(C)C)C2)c1. The molecule has 1 saturated heterocycles. The number of nitrogens with zero attached hydrogens (tertiary/aromatic N) is 2. The molecule has 166 valence electrons. The molecule has 1 aromatic heterocycles. The Hall–Kier alpha value is -1.09. The van der Waals surface area contributed by atoms with Crippen LogP contribution in [0.4, 0.5) is 0 Å². The van der Waals surface area contributed by atoms with Gasteiger partial charge in [-0.25, -0.2) is 0 Å². The van der Waals surface area contributed by atoms with Crippen molar-refractivity contribution < 1.29 is 0 Å². The Bertz CT molecular complexity index is 743. The van der Waals surface area contributed by atoms with Gasteiger partial charge in [0, 0.05) is 29.9 Å². The molecule has 0 saturated carbocycles. The molecule has 2 heterocycles. The molecule has 1 atom stereocenters. The van der Waals surface area contributed by atoms with E-state index in [9.17, 15) is 4.79 Å². The number of hydrogen-bond acceptors (Lipinski definition) is 2. The smallest absolute Gasteiger partial charge is 0.251 e. The lowest BCUT2D eigenvalue weighted by Crippen LogP contribution is -2.50. The molecule has 0 amide bonds. The van der Waals surface area contributed by atoms with Crippen LogP contribution in [0.2, 0.25) is 0 Å². The van der Waals surface area contributed by atoms with E-state index in [0.717, 1.165) is 12.8 Å². The lowest BCUT2D eigenvalue weighted by atomic mass is 9.70. The summed E-state index contributed by atoms with van der Waals surface area (Å²) in [6.45, 7) is 25.3. The Morgan fingerprint density at radius 1 is 0.931 bits per heavy atom. The molecule has 0 N–H and O–H groups in total. The second-order valence-electron chi connectivity index (χ2n) is 12.6. The highest BCUT2D eigenvalue weighted by molar-refractivity contribution is 5.20. The molecule has 3 heteroatoms. The predicted octanol–water partition coefficient (Wildman–Crippen LogP) is 6.20. The average Bonchev–Trinajstić information content (AvgIpc) is 2.59. The number of piperidine rings is 1. The molecular formula is C26H46N2O. The second kappa shape index (κ2) is 8.21. The Balaban J connectivity index is 2.16. The summed E-state index contributed by atoms with van der Waals surface area (Å²) in [5.41, 5.74) is 1.70. The molecule has 1 unspecified atom stereocenters. The van der Waals surface area contributed by atoms with Gasteiger partial charge in [0.15, 0.2) is 0 Å². The maximum absolute atomic E-state index is 12.7. The first-order chi connectivity index (χ1) is 13.0. The largest absolute Gasteiger partial charge is 0.310 e. The number of aromatic nitrogens is 1. The van der Waals surface area contributed by atoms with Gasteiger partial charge in [-0.15, -0.1) is 0 Å². The zero-order chi connectivity index (χ0) is 22.3. The summed E-state index contributed by atoms with van der Waals surface area (Å²) in [5, 5.41) is 0. The van der Waals surface area contributed by atoms with Crippen LogP contribution in [0.5, 0.6) is 0 Å². The van der Waals surface area contributed by atoms with Crippen LogP contribution in [-0.2, 0) is 11.0 Å². The molecule has 1 fully saturated rings. The lowest BCUT2D eigenvalue weighted by molar-refractivity contribution is 0.0246. The van der Waals surface area contributed by atoms with Gasteiger partial charge in [-0.05, 0) is 89.2 Å². The van der Waals surface area contributed by atoms with E-state index in [-0.39, 0.29) is 27.5 Å². The molecule has 1 aliphatic rings. The van der Waals surface area contributed by atoms with Gasteiger partial charge >= 0.3 is 0 Å². The number of rotatable bonds is 5. The molecule has 3 nitrogen and oxygen atoms in total. The maximum atomic E-state index is 12.7. The van der Waals surface area contributed by atoms with Crippen LogP contribution < -0.4 is 5.56 Å². The Morgan fingerprint density at radius 3 is 2.10 bits per heavy atom. The van der Waals surface area contributed by atoms with Crippen molar-refractivity contribution in [1.82, 2.24) is 9.47 Å². The Morgan fingerprint density at radius 2 is 1.55 bits per heavy atom. The van der Waals surface area contributed by atoms with E-state index in [0.29, 0.717) is 5.92 Å². The van der Waals surface area contributed by atoms with Gasteiger partial charge in [0.2, 0.25) is 0 Å². The highest BCUT2D eigenvalue weighted by Gasteiger charge is 2.37. The maximum Gasteiger partial charge on any atom is 0.251 e. The second-order valence-corrected chi connectivity index (χ2v) is 12.6. The van der Waals surface area contributed by atoms with Crippen molar-refractivity contribution in [2.45, 2.75) is 111 Å². The van der Waals surface area contributed by atoms with Gasteiger partial charge < -0.3 is 4.57 Å². The highest BCUT2D eigenvalue weighted by Crippen LogP contribution is 2.41. The molecular weight excluding hydrogens is 356 g/mol. The van der Waals surface area contributed by atoms with E-state index in [4.69, 9.17) is 0 Å². The molecule has 1 aliphatic heterocycles. The first-order valence-corrected chi connectivity index (χ1v) is 11.5. The highest BCUT2D eigenvalue weighted by atomic mass is 16.1. The zero-order valence-corrected chi connectivity index (χ0v) is 20.9. The van der Waals surface area contributed by atoms with Crippen LogP contribution in [0.15, 0.2) is 23.1 Å². The third-order valence-corrected chi connectivity index (χ3v) is 7.29. The summed E-state index contributed by atoms with van der Waals surface area (Å²) in [5.74, 6) is 0.712. The fraction of sp³-hybridized carbons (Fsp3) is 0.808. The molecule has 1 aromatic rings. The third-order valence-electron chi connectivity index (χ3n) is 7.29. The van der Waals surface area contributed by atoms with Gasteiger partial charge in [-0.1, -0.05) is 40.7 Å². The normalized spacial score (nSPS) is 20.1. The topological polar surface area (TPSA) is 25.2 Å². The van der Waals surface area contributed by atoms with Crippen LogP contribution in [0.1, 0.15) is 100 Å². The van der Waals surface area contributed by atoms with Crippen molar-refractivity contribution in [3.05, 3.63) is 34.2 Å². The van der Waals surface area contributed by atoms with E-state index in [1.165, 1.54) is 31.5 Å². The number of likely N-dealkylation sites (tertiary alicyclic amines) is 1. The molecule has 2 rings (SSSR count). The summed E-state index contributed by atoms with van der Waals surface area (Å²) in [7, 11) is 0. The van der Waals surface area contributed by atoms with Crippen molar-refractivity contribution in [2.75, 3.05) is 13.1 Å². The molecule has 0 bridgehead atoms. The summed E-state index contributed by atoms with van der Waals surface area (Å²) in [6, 6.07) is 3.73. The van der Waals surface area contributed by atoms with Gasteiger partial charge in [0.1, 0.15) is 0 Å². The minimum absolute atomic E-state index is 0.0450. The standard InChI is InChI=1S/C26H46N2O/c1-23(2,3)20-13-14-22(29)28(19-20)26(9,10)16-15-25(7,8)21-12-11-17-27(18-21)24(4,5)6/h13-14,19,21H,11-12,15-18H2,1-10H3.